The van der Waals surface area contributed by atoms with Gasteiger partial charge in [-0.25, -0.2) is 0 Å². The molecule has 0 aromatic rings. The first kappa shape index (κ1) is 12.2. The molecule has 3 nitrogen and oxygen atoms in total. The highest BCUT2D eigenvalue weighted by Crippen LogP contribution is 2.19. The average Bonchev–Trinajstić information content (AvgIpc) is 2.17. The van der Waals surface area contributed by atoms with E-state index in [9.17, 15) is 4.79 Å². The molecule has 0 aromatic carbocycles. The summed E-state index contributed by atoms with van der Waals surface area (Å²) in [6.07, 6.45) is 3.80. The Hall–Kier alpha value is -0.830. The Balaban J connectivity index is 2.44. The summed E-state index contributed by atoms with van der Waals surface area (Å²) < 4.78 is 0. The first-order valence-electron chi connectivity index (χ1n) is 5.70. The molecule has 15 heavy (non-hydrogen) atoms. The predicted octanol–water partition coefficient (Wildman–Crippen LogP) is 1.54. The summed E-state index contributed by atoms with van der Waals surface area (Å²) in [5, 5.41) is 0. The normalized spacial score (nSPS) is 19.9. The number of carbonyl (C=O) groups is 1. The molecule has 1 heterocycles. The number of piperidine rings is 1. The molecule has 0 bridgehead atoms. The number of hydrogen-bond acceptors (Lipinski definition) is 2. The van der Waals surface area contributed by atoms with Crippen molar-refractivity contribution < 1.29 is 4.79 Å². The highest BCUT2D eigenvalue weighted by atomic mass is 16.2. The van der Waals surface area contributed by atoms with E-state index >= 15 is 0 Å². The molecule has 0 aromatic heterocycles. The van der Waals surface area contributed by atoms with E-state index in [4.69, 9.17) is 5.73 Å². The van der Waals surface area contributed by atoms with Gasteiger partial charge in [0.15, 0.2) is 0 Å². The maximum Gasteiger partial charge on any atom is 0.246 e. The van der Waals surface area contributed by atoms with Gasteiger partial charge in [0.25, 0.3) is 0 Å². The minimum absolute atomic E-state index is 0.151. The van der Waals surface area contributed by atoms with Crippen molar-refractivity contribution in [2.45, 2.75) is 39.7 Å². The van der Waals surface area contributed by atoms with Crippen molar-refractivity contribution in [3.05, 3.63) is 11.6 Å². The van der Waals surface area contributed by atoms with E-state index in [1.54, 1.807) is 6.08 Å². The standard InChI is InChI=1S/C12H22N2O/c1-9(2)8-12(15)14-6-4-11(5-7-14)10(3)13/h8,10-11H,4-7,13H2,1-3H3. The van der Waals surface area contributed by atoms with Crippen LogP contribution in [0.25, 0.3) is 0 Å². The van der Waals surface area contributed by atoms with Crippen molar-refractivity contribution >= 4 is 5.91 Å². The Morgan fingerprint density at radius 1 is 1.40 bits per heavy atom. The Labute approximate surface area is 92.3 Å². The topological polar surface area (TPSA) is 46.3 Å². The number of hydrogen-bond donors (Lipinski definition) is 1. The Morgan fingerprint density at radius 3 is 2.33 bits per heavy atom. The monoisotopic (exact) mass is 210 g/mol. The third-order valence-electron chi connectivity index (χ3n) is 3.01. The Kier molecular flexibility index (Phi) is 4.33. The van der Waals surface area contributed by atoms with E-state index in [0.717, 1.165) is 31.5 Å². The largest absolute Gasteiger partial charge is 0.339 e. The van der Waals surface area contributed by atoms with E-state index in [1.165, 1.54) is 0 Å². The van der Waals surface area contributed by atoms with Gasteiger partial charge in [0.05, 0.1) is 0 Å². The fraction of sp³-hybridized carbons (Fsp3) is 0.750. The minimum Gasteiger partial charge on any atom is -0.339 e. The summed E-state index contributed by atoms with van der Waals surface area (Å²) in [6, 6.07) is 0.255. The van der Waals surface area contributed by atoms with Gasteiger partial charge < -0.3 is 10.6 Å². The zero-order valence-corrected chi connectivity index (χ0v) is 9.99. The van der Waals surface area contributed by atoms with Gasteiger partial charge in [0, 0.05) is 25.2 Å². The van der Waals surface area contributed by atoms with Crippen LogP contribution in [-0.2, 0) is 4.79 Å². The van der Waals surface area contributed by atoms with Crippen LogP contribution in [0.1, 0.15) is 33.6 Å². The Bertz CT molecular complexity index is 246. The van der Waals surface area contributed by atoms with Crippen molar-refractivity contribution in [1.82, 2.24) is 4.90 Å². The van der Waals surface area contributed by atoms with Crippen LogP contribution >= 0.6 is 0 Å². The fourth-order valence-corrected chi connectivity index (χ4v) is 1.98. The smallest absolute Gasteiger partial charge is 0.246 e. The van der Waals surface area contributed by atoms with Gasteiger partial charge in [-0.2, -0.15) is 0 Å². The third kappa shape index (κ3) is 3.67. The van der Waals surface area contributed by atoms with Gasteiger partial charge in [-0.05, 0) is 39.5 Å². The Morgan fingerprint density at radius 2 is 1.93 bits per heavy atom. The molecule has 1 amide bonds. The maximum absolute atomic E-state index is 11.7. The van der Waals surface area contributed by atoms with Gasteiger partial charge >= 0.3 is 0 Å². The number of rotatable bonds is 2. The van der Waals surface area contributed by atoms with E-state index in [2.05, 4.69) is 6.92 Å². The molecular formula is C12H22N2O. The molecule has 1 rings (SSSR count). The van der Waals surface area contributed by atoms with Gasteiger partial charge in [0.1, 0.15) is 0 Å². The van der Waals surface area contributed by atoms with E-state index in [1.807, 2.05) is 18.7 Å². The summed E-state index contributed by atoms with van der Waals surface area (Å²) in [5.74, 6) is 0.735. The zero-order valence-electron chi connectivity index (χ0n) is 9.99. The van der Waals surface area contributed by atoms with Crippen molar-refractivity contribution in [2.75, 3.05) is 13.1 Å². The fourth-order valence-electron chi connectivity index (χ4n) is 1.98. The third-order valence-corrected chi connectivity index (χ3v) is 3.01. The number of nitrogens with zero attached hydrogens (tertiary/aromatic N) is 1. The average molecular weight is 210 g/mol. The van der Waals surface area contributed by atoms with E-state index < -0.39 is 0 Å². The second-order valence-electron chi connectivity index (χ2n) is 4.74. The van der Waals surface area contributed by atoms with Crippen molar-refractivity contribution in [3.63, 3.8) is 0 Å². The van der Waals surface area contributed by atoms with Gasteiger partial charge in [0.2, 0.25) is 5.91 Å². The lowest BCUT2D eigenvalue weighted by Crippen LogP contribution is -2.42. The van der Waals surface area contributed by atoms with Gasteiger partial charge in [-0.15, -0.1) is 0 Å². The van der Waals surface area contributed by atoms with E-state index in [0.29, 0.717) is 5.92 Å². The van der Waals surface area contributed by atoms with Crippen molar-refractivity contribution in [2.24, 2.45) is 11.7 Å². The maximum atomic E-state index is 11.7. The van der Waals surface area contributed by atoms with Crippen molar-refractivity contribution in [1.29, 1.82) is 0 Å². The first-order valence-corrected chi connectivity index (χ1v) is 5.70. The number of amides is 1. The van der Waals surface area contributed by atoms with Crippen LogP contribution in [0.5, 0.6) is 0 Å². The molecule has 1 aliphatic rings. The molecule has 86 valence electrons. The van der Waals surface area contributed by atoms with Crippen LogP contribution in [0.4, 0.5) is 0 Å². The molecule has 1 aliphatic heterocycles. The molecule has 1 saturated heterocycles. The summed E-state index contributed by atoms with van der Waals surface area (Å²) in [6.45, 7) is 7.67. The number of likely N-dealkylation sites (tertiary alicyclic amines) is 1. The number of nitrogens with two attached hydrogens (primary N) is 1. The van der Waals surface area contributed by atoms with Crippen molar-refractivity contribution in [3.8, 4) is 0 Å². The highest BCUT2D eigenvalue weighted by Gasteiger charge is 2.23. The summed E-state index contributed by atoms with van der Waals surface area (Å²) in [4.78, 5) is 13.6. The summed E-state index contributed by atoms with van der Waals surface area (Å²) in [5.41, 5.74) is 6.92. The first-order chi connectivity index (χ1) is 7.00. The minimum atomic E-state index is 0.151. The number of carbonyl (C=O) groups excluding carboxylic acids is 1. The molecule has 0 saturated carbocycles. The molecule has 0 radical (unpaired) electrons. The lowest BCUT2D eigenvalue weighted by Gasteiger charge is -2.33. The van der Waals surface area contributed by atoms with Crippen LogP contribution in [0.15, 0.2) is 11.6 Å². The van der Waals surface area contributed by atoms with Crippen LogP contribution in [0.2, 0.25) is 0 Å². The molecule has 1 atom stereocenters. The molecule has 1 unspecified atom stereocenters. The predicted molar refractivity (Wildman–Crippen MR) is 62.4 cm³/mol. The highest BCUT2D eigenvalue weighted by molar-refractivity contribution is 5.88. The second-order valence-corrected chi connectivity index (χ2v) is 4.74. The summed E-state index contributed by atoms with van der Waals surface area (Å²) >= 11 is 0. The van der Waals surface area contributed by atoms with Crippen LogP contribution in [0.3, 0.4) is 0 Å². The van der Waals surface area contributed by atoms with Crippen LogP contribution < -0.4 is 5.73 Å². The van der Waals surface area contributed by atoms with Gasteiger partial charge in [-0.1, -0.05) is 5.57 Å². The zero-order chi connectivity index (χ0) is 11.4. The van der Waals surface area contributed by atoms with Gasteiger partial charge in [-0.3, -0.25) is 4.79 Å². The summed E-state index contributed by atoms with van der Waals surface area (Å²) in [7, 11) is 0. The molecule has 2 N–H and O–H groups in total. The molecular weight excluding hydrogens is 188 g/mol. The van der Waals surface area contributed by atoms with Crippen LogP contribution in [-0.4, -0.2) is 29.9 Å². The molecule has 0 aliphatic carbocycles. The number of allylic oxidation sites excluding steroid dienone is 1. The lowest BCUT2D eigenvalue weighted by molar-refractivity contribution is -0.127. The molecule has 0 spiro atoms. The lowest BCUT2D eigenvalue weighted by atomic mass is 9.91. The van der Waals surface area contributed by atoms with E-state index in [-0.39, 0.29) is 11.9 Å². The second kappa shape index (κ2) is 5.31. The van der Waals surface area contributed by atoms with Crippen LogP contribution in [0, 0.1) is 5.92 Å². The molecule has 3 heteroatoms. The quantitative estimate of drug-likeness (QED) is 0.703. The molecule has 1 fully saturated rings. The SMILES string of the molecule is CC(C)=CC(=O)N1CCC(C(C)N)CC1.